The first-order valence-electron chi connectivity index (χ1n) is 6.63. The van der Waals surface area contributed by atoms with Gasteiger partial charge >= 0.3 is 0 Å². The summed E-state index contributed by atoms with van der Waals surface area (Å²) in [6.07, 6.45) is 3.22. The van der Waals surface area contributed by atoms with Gasteiger partial charge < -0.3 is 9.73 Å². The van der Waals surface area contributed by atoms with E-state index >= 15 is 0 Å². The molecule has 1 aromatic carbocycles. The predicted molar refractivity (Wildman–Crippen MR) is 88.3 cm³/mol. The van der Waals surface area contributed by atoms with E-state index < -0.39 is 0 Å². The Labute approximate surface area is 141 Å². The molecule has 0 bridgehead atoms. The number of carbonyl (C=O) groups excluding carboxylic acids is 1. The van der Waals surface area contributed by atoms with E-state index in [1.807, 2.05) is 0 Å². The van der Waals surface area contributed by atoms with Crippen LogP contribution < -0.4 is 5.32 Å². The average molecular weight is 347 g/mol. The lowest BCUT2D eigenvalue weighted by atomic mass is 10.2. The van der Waals surface area contributed by atoms with Crippen LogP contribution in [0.3, 0.4) is 0 Å². The first kappa shape index (κ1) is 15.5. The molecule has 0 unspecified atom stereocenters. The van der Waals surface area contributed by atoms with Gasteiger partial charge in [0.05, 0.1) is 5.75 Å². The van der Waals surface area contributed by atoms with Crippen molar-refractivity contribution < 1.29 is 9.21 Å². The lowest BCUT2D eigenvalue weighted by Crippen LogP contribution is -2.13. The van der Waals surface area contributed by atoms with Crippen LogP contribution in [-0.2, 0) is 4.79 Å². The van der Waals surface area contributed by atoms with Gasteiger partial charge in [0.25, 0.3) is 5.22 Å². The number of nitrogens with one attached hydrogen (secondary N) is 1. The third kappa shape index (κ3) is 4.30. The van der Waals surface area contributed by atoms with Crippen molar-refractivity contribution in [1.82, 2.24) is 15.2 Å². The van der Waals surface area contributed by atoms with Gasteiger partial charge in [0.1, 0.15) is 0 Å². The Kier molecular flexibility index (Phi) is 4.89. The van der Waals surface area contributed by atoms with Gasteiger partial charge in [0.2, 0.25) is 11.8 Å². The maximum Gasteiger partial charge on any atom is 0.277 e. The van der Waals surface area contributed by atoms with Gasteiger partial charge in [-0.2, -0.15) is 0 Å². The largest absolute Gasteiger partial charge is 0.411 e. The van der Waals surface area contributed by atoms with Gasteiger partial charge in [0, 0.05) is 28.7 Å². The summed E-state index contributed by atoms with van der Waals surface area (Å²) in [4.78, 5) is 15.7. The highest BCUT2D eigenvalue weighted by atomic mass is 35.5. The molecular weight excluding hydrogens is 336 g/mol. The number of hydrogen-bond donors (Lipinski definition) is 1. The molecular formula is C15H11ClN4O2S. The Hall–Kier alpha value is -2.38. The zero-order valence-electron chi connectivity index (χ0n) is 11.8. The summed E-state index contributed by atoms with van der Waals surface area (Å²) in [6.45, 7) is 0. The van der Waals surface area contributed by atoms with Gasteiger partial charge in [0.15, 0.2) is 0 Å². The number of amides is 1. The lowest BCUT2D eigenvalue weighted by molar-refractivity contribution is -0.113. The average Bonchev–Trinajstić information content (AvgIpc) is 3.04. The first-order valence-corrected chi connectivity index (χ1v) is 7.99. The maximum absolute atomic E-state index is 11.8. The van der Waals surface area contributed by atoms with Crippen molar-refractivity contribution in [2.24, 2.45) is 0 Å². The second kappa shape index (κ2) is 7.26. The highest BCUT2D eigenvalue weighted by molar-refractivity contribution is 7.99. The molecule has 0 radical (unpaired) electrons. The van der Waals surface area contributed by atoms with E-state index in [9.17, 15) is 4.79 Å². The second-order valence-electron chi connectivity index (χ2n) is 4.45. The summed E-state index contributed by atoms with van der Waals surface area (Å²) < 4.78 is 5.52. The third-order valence-electron chi connectivity index (χ3n) is 2.79. The van der Waals surface area contributed by atoms with Crippen LogP contribution in [0.2, 0.25) is 5.02 Å². The summed E-state index contributed by atoms with van der Waals surface area (Å²) in [6, 6.07) is 10.5. The molecule has 0 atom stereocenters. The zero-order valence-corrected chi connectivity index (χ0v) is 13.3. The topological polar surface area (TPSA) is 80.9 Å². The molecule has 116 valence electrons. The fraction of sp³-hybridized carbons (Fsp3) is 0.0667. The van der Waals surface area contributed by atoms with E-state index in [1.165, 1.54) is 11.8 Å². The number of benzene rings is 1. The molecule has 6 nitrogen and oxygen atoms in total. The first-order chi connectivity index (χ1) is 11.2. The van der Waals surface area contributed by atoms with Gasteiger partial charge in [-0.1, -0.05) is 23.4 Å². The quantitative estimate of drug-likeness (QED) is 0.712. The molecule has 3 rings (SSSR count). The minimum Gasteiger partial charge on any atom is -0.411 e. The number of carbonyl (C=O) groups is 1. The normalized spacial score (nSPS) is 10.5. The third-order valence-corrected chi connectivity index (χ3v) is 3.86. The molecule has 0 spiro atoms. The predicted octanol–water partition coefficient (Wildman–Crippen LogP) is 3.52. The van der Waals surface area contributed by atoms with E-state index in [0.717, 1.165) is 5.56 Å². The number of halogens is 1. The number of rotatable bonds is 5. The Morgan fingerprint density at radius 3 is 2.61 bits per heavy atom. The number of nitrogens with zero attached hydrogens (tertiary/aromatic N) is 3. The molecule has 0 aliphatic heterocycles. The molecule has 0 aliphatic carbocycles. The van der Waals surface area contributed by atoms with Crippen molar-refractivity contribution in [2.75, 3.05) is 11.1 Å². The van der Waals surface area contributed by atoms with Crippen LogP contribution in [0, 0.1) is 0 Å². The Balaban J connectivity index is 1.57. The molecule has 8 heteroatoms. The van der Waals surface area contributed by atoms with E-state index in [0.29, 0.717) is 21.8 Å². The van der Waals surface area contributed by atoms with Crippen molar-refractivity contribution in [3.8, 4) is 11.5 Å². The summed E-state index contributed by atoms with van der Waals surface area (Å²) >= 11 is 7.01. The minimum atomic E-state index is -0.160. The Morgan fingerprint density at radius 1 is 1.13 bits per heavy atom. The molecule has 1 N–H and O–H groups in total. The molecule has 0 saturated heterocycles. The number of pyridine rings is 1. The van der Waals surface area contributed by atoms with E-state index in [4.69, 9.17) is 16.0 Å². The van der Waals surface area contributed by atoms with E-state index in [-0.39, 0.29) is 11.7 Å². The van der Waals surface area contributed by atoms with Crippen molar-refractivity contribution in [3.63, 3.8) is 0 Å². The van der Waals surface area contributed by atoms with Crippen LogP contribution >= 0.6 is 23.4 Å². The second-order valence-corrected chi connectivity index (χ2v) is 5.82. The summed E-state index contributed by atoms with van der Waals surface area (Å²) in [5, 5.41) is 11.6. The summed E-state index contributed by atoms with van der Waals surface area (Å²) in [5.74, 6) is 0.399. The van der Waals surface area contributed by atoms with Crippen molar-refractivity contribution in [1.29, 1.82) is 0 Å². The molecule has 0 saturated carbocycles. The zero-order chi connectivity index (χ0) is 16.1. The van der Waals surface area contributed by atoms with E-state index in [1.54, 1.807) is 48.8 Å². The molecule has 2 aromatic heterocycles. The smallest absolute Gasteiger partial charge is 0.277 e. The molecule has 0 aliphatic rings. The monoisotopic (exact) mass is 346 g/mol. The number of thioether (sulfide) groups is 1. The molecule has 2 heterocycles. The number of aromatic nitrogens is 3. The fourth-order valence-corrected chi connectivity index (χ4v) is 2.43. The van der Waals surface area contributed by atoms with Gasteiger partial charge in [-0.25, -0.2) is 0 Å². The van der Waals surface area contributed by atoms with Crippen LogP contribution in [0.15, 0.2) is 58.4 Å². The van der Waals surface area contributed by atoms with Crippen LogP contribution in [0.4, 0.5) is 5.69 Å². The van der Waals surface area contributed by atoms with Crippen molar-refractivity contribution in [3.05, 3.63) is 53.8 Å². The van der Waals surface area contributed by atoms with Crippen molar-refractivity contribution in [2.45, 2.75) is 5.22 Å². The molecule has 3 aromatic rings. The summed E-state index contributed by atoms with van der Waals surface area (Å²) in [5.41, 5.74) is 1.47. The lowest BCUT2D eigenvalue weighted by Gasteiger charge is -2.02. The molecule has 1 amide bonds. The van der Waals surface area contributed by atoms with Crippen LogP contribution in [0.25, 0.3) is 11.5 Å². The van der Waals surface area contributed by atoms with Crippen LogP contribution in [-0.4, -0.2) is 26.8 Å². The van der Waals surface area contributed by atoms with Gasteiger partial charge in [-0.15, -0.1) is 10.2 Å². The molecule has 23 heavy (non-hydrogen) atoms. The minimum absolute atomic E-state index is 0.160. The number of anilines is 1. The highest BCUT2D eigenvalue weighted by Crippen LogP contribution is 2.24. The number of hydrogen-bond acceptors (Lipinski definition) is 6. The standard InChI is InChI=1S/C15H11ClN4O2S/c16-11-3-1-10(2-4-11)14-19-20-15(22-14)23-9-13(21)18-12-5-7-17-8-6-12/h1-8H,9H2,(H,17,18,21). The molecule has 0 fully saturated rings. The van der Waals surface area contributed by atoms with E-state index in [2.05, 4.69) is 20.5 Å². The Bertz CT molecular complexity index is 793. The fourth-order valence-electron chi connectivity index (χ4n) is 1.74. The van der Waals surface area contributed by atoms with Crippen molar-refractivity contribution >= 4 is 35.0 Å². The van der Waals surface area contributed by atoms with Gasteiger partial charge in [-0.05, 0) is 36.4 Å². The van der Waals surface area contributed by atoms with Crippen LogP contribution in [0.5, 0.6) is 0 Å². The summed E-state index contributed by atoms with van der Waals surface area (Å²) in [7, 11) is 0. The van der Waals surface area contributed by atoms with Gasteiger partial charge in [-0.3, -0.25) is 9.78 Å². The highest BCUT2D eigenvalue weighted by Gasteiger charge is 2.11. The van der Waals surface area contributed by atoms with Crippen LogP contribution in [0.1, 0.15) is 0 Å². The SMILES string of the molecule is O=C(CSc1nnc(-c2ccc(Cl)cc2)o1)Nc1ccncc1. The maximum atomic E-state index is 11.8. The Morgan fingerprint density at radius 2 is 1.87 bits per heavy atom.